The van der Waals surface area contributed by atoms with E-state index in [9.17, 15) is 4.39 Å². The number of benzene rings is 2. The number of halogens is 1. The molecule has 28 heavy (non-hydrogen) atoms. The Morgan fingerprint density at radius 3 is 2.57 bits per heavy atom. The van der Waals surface area contributed by atoms with E-state index in [1.165, 1.54) is 5.56 Å². The van der Waals surface area contributed by atoms with Gasteiger partial charge in [-0.15, -0.1) is 0 Å². The molecule has 0 spiro atoms. The number of hydrogen-bond donors (Lipinski definition) is 1. The Bertz CT molecular complexity index is 870. The Kier molecular flexibility index (Phi) is 6.98. The molecule has 0 saturated carbocycles. The van der Waals surface area contributed by atoms with Crippen LogP contribution in [0.15, 0.2) is 66.9 Å². The predicted octanol–water partition coefficient (Wildman–Crippen LogP) is 4.96. The summed E-state index contributed by atoms with van der Waals surface area (Å²) in [5.74, 6) is 1.19. The van der Waals surface area contributed by atoms with Gasteiger partial charge in [-0.25, -0.2) is 9.37 Å². The first-order chi connectivity index (χ1) is 13.7. The molecule has 1 aromatic heterocycles. The number of aromatic nitrogens is 1. The van der Waals surface area contributed by atoms with Crippen molar-refractivity contribution in [3.63, 3.8) is 0 Å². The van der Waals surface area contributed by atoms with Crippen molar-refractivity contribution in [1.29, 1.82) is 0 Å². The molecule has 4 nitrogen and oxygen atoms in total. The highest BCUT2D eigenvalue weighted by atomic mass is 19.1. The van der Waals surface area contributed by atoms with Crippen LogP contribution in [0.2, 0.25) is 0 Å². The van der Waals surface area contributed by atoms with Gasteiger partial charge < -0.3 is 14.8 Å². The smallest absolute Gasteiger partial charge is 0.213 e. The summed E-state index contributed by atoms with van der Waals surface area (Å²) < 4.78 is 23.0. The quantitative estimate of drug-likeness (QED) is 0.570. The zero-order chi connectivity index (χ0) is 19.8. The molecule has 0 aliphatic carbocycles. The fourth-order valence-corrected chi connectivity index (χ4v) is 2.99. The molecule has 0 bridgehead atoms. The van der Waals surface area contributed by atoms with Crippen LogP contribution in [0.3, 0.4) is 0 Å². The molecule has 1 atom stereocenters. The van der Waals surface area contributed by atoms with Gasteiger partial charge in [0.2, 0.25) is 5.88 Å². The summed E-state index contributed by atoms with van der Waals surface area (Å²) in [7, 11) is 1.65. The number of pyridine rings is 1. The molecule has 0 fully saturated rings. The van der Waals surface area contributed by atoms with Crippen molar-refractivity contribution in [2.24, 2.45) is 0 Å². The third-order valence-electron chi connectivity index (χ3n) is 4.55. The van der Waals surface area contributed by atoms with Crippen molar-refractivity contribution in [2.75, 3.05) is 20.4 Å². The van der Waals surface area contributed by atoms with Crippen LogP contribution >= 0.6 is 0 Å². The summed E-state index contributed by atoms with van der Waals surface area (Å²) in [6, 6.07) is 20.4. The highest BCUT2D eigenvalue weighted by molar-refractivity contribution is 5.70. The molecule has 146 valence electrons. The van der Waals surface area contributed by atoms with Crippen LogP contribution < -0.4 is 14.8 Å². The zero-order valence-corrected chi connectivity index (χ0v) is 16.2. The van der Waals surface area contributed by atoms with Crippen molar-refractivity contribution in [3.8, 4) is 22.8 Å². The van der Waals surface area contributed by atoms with Crippen molar-refractivity contribution in [2.45, 2.75) is 19.5 Å². The minimum absolute atomic E-state index is 0.0103. The molecule has 0 amide bonds. The van der Waals surface area contributed by atoms with Crippen molar-refractivity contribution < 1.29 is 13.9 Å². The second-order valence-electron chi connectivity index (χ2n) is 6.47. The van der Waals surface area contributed by atoms with E-state index in [2.05, 4.69) is 41.5 Å². The van der Waals surface area contributed by atoms with Gasteiger partial charge in [-0.2, -0.15) is 0 Å². The lowest BCUT2D eigenvalue weighted by Gasteiger charge is -2.16. The van der Waals surface area contributed by atoms with Gasteiger partial charge in [0.15, 0.2) is 0 Å². The van der Waals surface area contributed by atoms with E-state index >= 15 is 0 Å². The second-order valence-corrected chi connectivity index (χ2v) is 6.47. The van der Waals surface area contributed by atoms with Crippen LogP contribution in [0.25, 0.3) is 11.1 Å². The van der Waals surface area contributed by atoms with Crippen LogP contribution in [0.4, 0.5) is 4.39 Å². The summed E-state index contributed by atoms with van der Waals surface area (Å²) in [6.45, 7) is 2.36. The Labute approximate surface area is 165 Å². The van der Waals surface area contributed by atoms with E-state index in [0.29, 0.717) is 5.88 Å². The molecule has 0 unspecified atom stereocenters. The van der Waals surface area contributed by atoms with Gasteiger partial charge in [0, 0.05) is 36.0 Å². The highest BCUT2D eigenvalue weighted by Crippen LogP contribution is 2.31. The second kappa shape index (κ2) is 9.85. The predicted molar refractivity (Wildman–Crippen MR) is 109 cm³/mol. The molecule has 1 N–H and O–H groups in total. The van der Waals surface area contributed by atoms with Gasteiger partial charge in [-0.05, 0) is 36.2 Å². The number of nitrogens with one attached hydrogen (secondary N) is 1. The first kappa shape index (κ1) is 19.8. The lowest BCUT2D eigenvalue weighted by atomic mass is 10.0. The van der Waals surface area contributed by atoms with Crippen LogP contribution in [-0.2, 0) is 6.54 Å². The van der Waals surface area contributed by atoms with E-state index in [-0.39, 0.29) is 12.6 Å². The van der Waals surface area contributed by atoms with E-state index in [1.807, 2.05) is 30.3 Å². The number of nitrogens with zero attached hydrogens (tertiary/aromatic N) is 1. The molecule has 0 saturated heterocycles. The third-order valence-corrected chi connectivity index (χ3v) is 4.55. The average molecular weight is 380 g/mol. The van der Waals surface area contributed by atoms with Crippen LogP contribution in [0.5, 0.6) is 11.6 Å². The fourth-order valence-electron chi connectivity index (χ4n) is 2.99. The molecule has 3 aromatic rings. The van der Waals surface area contributed by atoms with Gasteiger partial charge in [-0.3, -0.25) is 0 Å². The van der Waals surface area contributed by atoms with Crippen LogP contribution in [-0.4, -0.2) is 25.4 Å². The maximum atomic E-state index is 12.2. The third kappa shape index (κ3) is 5.08. The van der Waals surface area contributed by atoms with Crippen molar-refractivity contribution in [3.05, 3.63) is 78.0 Å². The minimum atomic E-state index is -0.534. The molecular formula is C23H25FN2O2. The summed E-state index contributed by atoms with van der Waals surface area (Å²) >= 11 is 0. The van der Waals surface area contributed by atoms with Gasteiger partial charge in [-0.1, -0.05) is 36.4 Å². The average Bonchev–Trinajstić information content (AvgIpc) is 2.76. The van der Waals surface area contributed by atoms with Crippen molar-refractivity contribution in [1.82, 2.24) is 10.3 Å². The molecule has 1 heterocycles. The lowest BCUT2D eigenvalue weighted by Crippen LogP contribution is -2.18. The minimum Gasteiger partial charge on any atom is -0.496 e. The maximum absolute atomic E-state index is 12.2. The van der Waals surface area contributed by atoms with Gasteiger partial charge in [0.05, 0.1) is 7.11 Å². The first-order valence-electron chi connectivity index (χ1n) is 9.31. The van der Waals surface area contributed by atoms with E-state index in [4.69, 9.17) is 9.47 Å². The topological polar surface area (TPSA) is 43.4 Å². The number of hydrogen-bond acceptors (Lipinski definition) is 4. The monoisotopic (exact) mass is 380 g/mol. The largest absolute Gasteiger partial charge is 0.496 e. The standard InChI is InChI=1S/C23H25FN2O2/c1-17(19-6-4-3-5-7-19)25-15-18-8-10-22(27-2)21(14-18)20-9-11-23(26-16-20)28-13-12-24/h3-11,14,16-17,25H,12-13,15H2,1-2H3/t17-/m1/s1. The van der Waals surface area contributed by atoms with Crippen LogP contribution in [0, 0.1) is 0 Å². The zero-order valence-electron chi connectivity index (χ0n) is 16.2. The summed E-state index contributed by atoms with van der Waals surface area (Å²) in [5, 5.41) is 3.55. The summed E-state index contributed by atoms with van der Waals surface area (Å²) in [5.41, 5.74) is 4.28. The molecule has 5 heteroatoms. The lowest BCUT2D eigenvalue weighted by molar-refractivity contribution is 0.264. The fraction of sp³-hybridized carbons (Fsp3) is 0.261. The number of methoxy groups -OCH3 is 1. The maximum Gasteiger partial charge on any atom is 0.213 e. The normalized spacial score (nSPS) is 11.8. The molecule has 0 aliphatic rings. The van der Waals surface area contributed by atoms with E-state index < -0.39 is 6.67 Å². The molecular weight excluding hydrogens is 355 g/mol. The Morgan fingerprint density at radius 1 is 1.07 bits per heavy atom. The van der Waals surface area contributed by atoms with Gasteiger partial charge >= 0.3 is 0 Å². The first-order valence-corrected chi connectivity index (χ1v) is 9.31. The molecule has 0 aliphatic heterocycles. The van der Waals surface area contributed by atoms with Crippen LogP contribution in [0.1, 0.15) is 24.1 Å². The Balaban J connectivity index is 1.74. The Morgan fingerprint density at radius 2 is 1.89 bits per heavy atom. The Hall–Kier alpha value is -2.92. The van der Waals surface area contributed by atoms with E-state index in [0.717, 1.165) is 29.0 Å². The van der Waals surface area contributed by atoms with Gasteiger partial charge in [0.1, 0.15) is 19.0 Å². The molecule has 0 radical (unpaired) electrons. The summed E-state index contributed by atoms with van der Waals surface area (Å²) in [4.78, 5) is 4.25. The number of alkyl halides is 1. The number of ether oxygens (including phenoxy) is 2. The molecule has 3 rings (SSSR count). The molecule has 2 aromatic carbocycles. The van der Waals surface area contributed by atoms with Crippen molar-refractivity contribution >= 4 is 0 Å². The van der Waals surface area contributed by atoms with E-state index in [1.54, 1.807) is 19.4 Å². The van der Waals surface area contributed by atoms with Gasteiger partial charge in [0.25, 0.3) is 0 Å². The summed E-state index contributed by atoms with van der Waals surface area (Å²) in [6.07, 6.45) is 1.72. The number of rotatable bonds is 9. The SMILES string of the molecule is COc1ccc(CN[C@H](C)c2ccccc2)cc1-c1ccc(OCCF)nc1. The highest BCUT2D eigenvalue weighted by Gasteiger charge is 2.10.